The lowest BCUT2D eigenvalue weighted by Crippen LogP contribution is -2.10. The largest absolute Gasteiger partial charge is 0.488 e. The quantitative estimate of drug-likeness (QED) is 0.395. The van der Waals surface area contributed by atoms with Crippen molar-refractivity contribution in [2.45, 2.75) is 6.61 Å². The van der Waals surface area contributed by atoms with Gasteiger partial charge in [-0.15, -0.1) is 0 Å². The van der Waals surface area contributed by atoms with Crippen molar-refractivity contribution in [2.75, 3.05) is 7.11 Å². The molecule has 0 aliphatic heterocycles. The zero-order valence-corrected chi connectivity index (χ0v) is 14.9. The minimum absolute atomic E-state index is 0.0345. The highest BCUT2D eigenvalue weighted by atomic mass is 16.5. The van der Waals surface area contributed by atoms with E-state index >= 15 is 0 Å². The highest BCUT2D eigenvalue weighted by Gasteiger charge is 2.15. The van der Waals surface area contributed by atoms with Crippen molar-refractivity contribution in [3.63, 3.8) is 0 Å². The van der Waals surface area contributed by atoms with Gasteiger partial charge in [-0.2, -0.15) is 0 Å². The SMILES string of the molecule is COC(=O)c1ccccc1-c1ccccc1OCc1ccc(C(=N)N)cc1. The van der Waals surface area contributed by atoms with Gasteiger partial charge in [0.05, 0.1) is 12.7 Å². The number of benzene rings is 3. The fraction of sp³-hybridized carbons (Fsp3) is 0.0909. The highest BCUT2D eigenvalue weighted by Crippen LogP contribution is 2.33. The summed E-state index contributed by atoms with van der Waals surface area (Å²) in [5.41, 5.74) is 9.17. The second kappa shape index (κ2) is 8.19. The summed E-state index contributed by atoms with van der Waals surface area (Å²) in [6.07, 6.45) is 0. The van der Waals surface area contributed by atoms with Gasteiger partial charge in [0.15, 0.2) is 0 Å². The lowest BCUT2D eigenvalue weighted by Gasteiger charge is -2.14. The second-order valence-corrected chi connectivity index (χ2v) is 5.93. The molecule has 0 spiro atoms. The van der Waals surface area contributed by atoms with E-state index in [4.69, 9.17) is 20.6 Å². The molecule has 0 radical (unpaired) electrons. The van der Waals surface area contributed by atoms with Crippen LogP contribution in [0, 0.1) is 5.41 Å². The van der Waals surface area contributed by atoms with Crippen LogP contribution in [0.2, 0.25) is 0 Å². The van der Waals surface area contributed by atoms with E-state index in [0.29, 0.717) is 23.5 Å². The molecule has 3 aromatic carbocycles. The molecule has 136 valence electrons. The molecule has 27 heavy (non-hydrogen) atoms. The predicted molar refractivity (Wildman–Crippen MR) is 105 cm³/mol. The van der Waals surface area contributed by atoms with Gasteiger partial charge in [0.2, 0.25) is 0 Å². The Kier molecular flexibility index (Phi) is 5.52. The fourth-order valence-corrected chi connectivity index (χ4v) is 2.76. The molecule has 0 bridgehead atoms. The van der Waals surface area contributed by atoms with Crippen molar-refractivity contribution in [3.05, 3.63) is 89.5 Å². The molecule has 3 N–H and O–H groups in total. The average molecular weight is 360 g/mol. The summed E-state index contributed by atoms with van der Waals surface area (Å²) in [5, 5.41) is 7.45. The van der Waals surface area contributed by atoms with Gasteiger partial charge in [-0.05, 0) is 23.3 Å². The summed E-state index contributed by atoms with van der Waals surface area (Å²) in [6.45, 7) is 0.357. The van der Waals surface area contributed by atoms with Crippen LogP contribution in [0.1, 0.15) is 21.5 Å². The van der Waals surface area contributed by atoms with Crippen LogP contribution in [0.5, 0.6) is 5.75 Å². The molecule has 0 aromatic heterocycles. The number of nitrogen functional groups attached to an aromatic ring is 1. The Hall–Kier alpha value is -3.60. The van der Waals surface area contributed by atoms with Crippen molar-refractivity contribution in [1.82, 2.24) is 0 Å². The molecule has 0 saturated carbocycles. The van der Waals surface area contributed by atoms with Gasteiger partial charge in [-0.1, -0.05) is 60.7 Å². The van der Waals surface area contributed by atoms with Gasteiger partial charge in [0.1, 0.15) is 18.2 Å². The third-order valence-corrected chi connectivity index (χ3v) is 4.17. The van der Waals surface area contributed by atoms with E-state index in [1.54, 1.807) is 24.3 Å². The Labute approximate surface area is 157 Å². The molecule has 0 atom stereocenters. The molecule has 0 aliphatic carbocycles. The van der Waals surface area contributed by atoms with E-state index in [9.17, 15) is 4.79 Å². The Bertz CT molecular complexity index is 965. The molecule has 0 heterocycles. The van der Waals surface area contributed by atoms with Gasteiger partial charge in [-0.25, -0.2) is 4.79 Å². The summed E-state index contributed by atoms with van der Waals surface area (Å²) in [6, 6.07) is 22.2. The lowest BCUT2D eigenvalue weighted by molar-refractivity contribution is 0.0601. The fourth-order valence-electron chi connectivity index (χ4n) is 2.76. The van der Waals surface area contributed by atoms with Crippen molar-refractivity contribution < 1.29 is 14.3 Å². The number of ether oxygens (including phenoxy) is 2. The number of hydrogen-bond donors (Lipinski definition) is 2. The summed E-state index contributed by atoms with van der Waals surface area (Å²) < 4.78 is 10.9. The minimum Gasteiger partial charge on any atom is -0.488 e. The number of rotatable bonds is 6. The minimum atomic E-state index is -0.389. The first-order chi connectivity index (χ1) is 13.1. The smallest absolute Gasteiger partial charge is 0.338 e. The Balaban J connectivity index is 1.87. The normalized spacial score (nSPS) is 10.3. The van der Waals surface area contributed by atoms with Gasteiger partial charge in [0.25, 0.3) is 0 Å². The van der Waals surface area contributed by atoms with Crippen LogP contribution in [0.4, 0.5) is 0 Å². The number of methoxy groups -OCH3 is 1. The summed E-state index contributed by atoms with van der Waals surface area (Å²) >= 11 is 0. The van der Waals surface area contributed by atoms with Crippen molar-refractivity contribution in [2.24, 2.45) is 5.73 Å². The topological polar surface area (TPSA) is 85.4 Å². The molecule has 0 aliphatic rings. The Morgan fingerprint density at radius 1 is 0.926 bits per heavy atom. The monoisotopic (exact) mass is 360 g/mol. The molecule has 0 unspecified atom stereocenters. The number of carbonyl (C=O) groups is 1. The number of carbonyl (C=O) groups excluding carboxylic acids is 1. The maximum absolute atomic E-state index is 12.1. The number of esters is 1. The first-order valence-corrected chi connectivity index (χ1v) is 8.43. The maximum Gasteiger partial charge on any atom is 0.338 e. The third kappa shape index (κ3) is 4.15. The van der Waals surface area contributed by atoms with E-state index in [1.165, 1.54) is 7.11 Å². The molecule has 0 fully saturated rings. The van der Waals surface area contributed by atoms with Crippen LogP contribution in [0.15, 0.2) is 72.8 Å². The number of para-hydroxylation sites is 1. The highest BCUT2D eigenvalue weighted by molar-refractivity contribution is 5.98. The number of hydrogen-bond acceptors (Lipinski definition) is 4. The van der Waals surface area contributed by atoms with Crippen LogP contribution >= 0.6 is 0 Å². The standard InChI is InChI=1S/C22H20N2O3/c1-26-22(25)19-8-3-2-6-17(19)18-7-4-5-9-20(18)27-14-15-10-12-16(13-11-15)21(23)24/h2-13H,14H2,1H3,(H3,23,24). The number of nitrogens with two attached hydrogens (primary N) is 1. The summed E-state index contributed by atoms with van der Waals surface area (Å²) in [4.78, 5) is 12.1. The predicted octanol–water partition coefficient (Wildman–Crippen LogP) is 4.00. The number of amidine groups is 1. The van der Waals surface area contributed by atoms with E-state index in [1.807, 2.05) is 48.5 Å². The second-order valence-electron chi connectivity index (χ2n) is 5.93. The van der Waals surface area contributed by atoms with Crippen LogP contribution in [0.3, 0.4) is 0 Å². The molecule has 5 nitrogen and oxygen atoms in total. The van der Waals surface area contributed by atoms with Crippen LogP contribution in [0.25, 0.3) is 11.1 Å². The molecule has 3 aromatic rings. The molecule has 5 heteroatoms. The molecular formula is C22H20N2O3. The van der Waals surface area contributed by atoms with E-state index in [2.05, 4.69) is 0 Å². The van der Waals surface area contributed by atoms with Crippen molar-refractivity contribution in [1.29, 1.82) is 5.41 Å². The van der Waals surface area contributed by atoms with Crippen molar-refractivity contribution in [3.8, 4) is 16.9 Å². The van der Waals surface area contributed by atoms with Gasteiger partial charge in [-0.3, -0.25) is 5.41 Å². The van der Waals surface area contributed by atoms with Gasteiger partial charge >= 0.3 is 5.97 Å². The van der Waals surface area contributed by atoms with E-state index in [0.717, 1.165) is 16.7 Å². The zero-order chi connectivity index (χ0) is 19.2. The van der Waals surface area contributed by atoms with Crippen LogP contribution in [-0.4, -0.2) is 18.9 Å². The van der Waals surface area contributed by atoms with Gasteiger partial charge in [0, 0.05) is 11.1 Å². The van der Waals surface area contributed by atoms with Gasteiger partial charge < -0.3 is 15.2 Å². The average Bonchev–Trinajstić information content (AvgIpc) is 2.72. The lowest BCUT2D eigenvalue weighted by atomic mass is 9.99. The number of nitrogens with one attached hydrogen (secondary N) is 1. The zero-order valence-electron chi connectivity index (χ0n) is 14.9. The molecular weight excluding hydrogens is 340 g/mol. The van der Waals surface area contributed by atoms with Crippen LogP contribution in [-0.2, 0) is 11.3 Å². The van der Waals surface area contributed by atoms with E-state index in [-0.39, 0.29) is 11.8 Å². The Morgan fingerprint density at radius 2 is 1.56 bits per heavy atom. The first-order valence-electron chi connectivity index (χ1n) is 8.43. The van der Waals surface area contributed by atoms with Crippen LogP contribution < -0.4 is 10.5 Å². The molecule has 0 saturated heterocycles. The van der Waals surface area contributed by atoms with Crippen molar-refractivity contribution >= 4 is 11.8 Å². The summed E-state index contributed by atoms with van der Waals surface area (Å²) in [7, 11) is 1.37. The van der Waals surface area contributed by atoms with E-state index < -0.39 is 0 Å². The maximum atomic E-state index is 12.1. The Morgan fingerprint density at radius 3 is 2.22 bits per heavy atom. The summed E-state index contributed by atoms with van der Waals surface area (Å²) in [5.74, 6) is 0.317. The first kappa shape index (κ1) is 18.2. The third-order valence-electron chi connectivity index (χ3n) is 4.17. The molecule has 0 amide bonds. The molecule has 3 rings (SSSR count).